The highest BCUT2D eigenvalue weighted by Gasteiger charge is 2.74. The Morgan fingerprint density at radius 1 is 1.13 bits per heavy atom. The highest BCUT2D eigenvalue weighted by molar-refractivity contribution is 4.97. The number of aliphatic hydroxyl groups is 1. The maximum absolute atomic E-state index is 13.2. The second-order valence-electron chi connectivity index (χ2n) is 5.24. The van der Waals surface area contributed by atoms with Gasteiger partial charge in [-0.25, -0.2) is 8.78 Å². The van der Waals surface area contributed by atoms with Crippen LogP contribution in [0.1, 0.15) is 19.3 Å². The van der Waals surface area contributed by atoms with Crippen LogP contribution in [0.3, 0.4) is 0 Å². The third-order valence-corrected chi connectivity index (χ3v) is 3.20. The number of halogens is 8. The normalized spacial score (nSPS) is 20.9. The van der Waals surface area contributed by atoms with Gasteiger partial charge in [-0.2, -0.15) is 26.3 Å². The molecule has 0 aromatic carbocycles. The summed E-state index contributed by atoms with van der Waals surface area (Å²) in [5.41, 5.74) is 0. The summed E-state index contributed by atoms with van der Waals surface area (Å²) < 4.78 is 111. The van der Waals surface area contributed by atoms with E-state index in [1.165, 1.54) is 0 Å². The fraction of sp³-hybridized carbons (Fsp3) is 1.00. The predicted molar refractivity (Wildman–Crippen MR) is 61.3 cm³/mol. The summed E-state index contributed by atoms with van der Waals surface area (Å²) in [4.78, 5) is 0. The molecule has 2 atom stereocenters. The molecule has 0 amide bonds. The molecule has 1 rings (SSSR count). The minimum Gasteiger partial charge on any atom is -0.391 e. The zero-order chi connectivity index (χ0) is 17.9. The average molecular weight is 360 g/mol. The molecule has 2 unspecified atom stereocenters. The van der Waals surface area contributed by atoms with Gasteiger partial charge in [-0.1, -0.05) is 0 Å². The molecule has 0 radical (unpaired) electrons. The number of epoxide rings is 1. The van der Waals surface area contributed by atoms with Crippen molar-refractivity contribution in [2.45, 2.75) is 55.7 Å². The Balaban J connectivity index is 2.40. The van der Waals surface area contributed by atoms with E-state index in [0.29, 0.717) is 6.61 Å². The summed E-state index contributed by atoms with van der Waals surface area (Å²) in [5, 5.41) is 9.36. The van der Waals surface area contributed by atoms with E-state index < -0.39 is 49.6 Å². The van der Waals surface area contributed by atoms with Gasteiger partial charge in [0.2, 0.25) is 0 Å². The molecule has 0 aromatic heterocycles. The molecular formula is C12H16F8O3. The van der Waals surface area contributed by atoms with Crippen LogP contribution in [0.2, 0.25) is 0 Å². The summed E-state index contributed by atoms with van der Waals surface area (Å²) in [6.45, 7) is 0.399. The Kier molecular flexibility index (Phi) is 6.62. The number of aliphatic hydroxyl groups excluding tert-OH is 1. The summed E-state index contributed by atoms with van der Waals surface area (Å²) in [6.07, 6.45) is -9.27. The van der Waals surface area contributed by atoms with Gasteiger partial charge in [0, 0.05) is 6.42 Å². The fourth-order valence-corrected chi connectivity index (χ4v) is 1.68. The van der Waals surface area contributed by atoms with Crippen molar-refractivity contribution >= 4 is 0 Å². The molecule has 3 nitrogen and oxygen atoms in total. The van der Waals surface area contributed by atoms with Crippen molar-refractivity contribution in [2.24, 2.45) is 0 Å². The third kappa shape index (κ3) is 5.15. The van der Waals surface area contributed by atoms with Gasteiger partial charge in [-0.05, 0) is 12.8 Å². The Labute approximate surface area is 126 Å². The van der Waals surface area contributed by atoms with Crippen LogP contribution in [-0.2, 0) is 9.47 Å². The molecule has 0 aromatic rings. The SMILES string of the molecule is OC(CCCC(F)(F)C(F)(F)C(F)(F)C(F)F)COCC1CO1. The lowest BCUT2D eigenvalue weighted by atomic mass is 9.98. The van der Waals surface area contributed by atoms with Crippen molar-refractivity contribution in [3.05, 3.63) is 0 Å². The summed E-state index contributed by atoms with van der Waals surface area (Å²) >= 11 is 0. The molecule has 1 aliphatic heterocycles. The minimum atomic E-state index is -6.20. The van der Waals surface area contributed by atoms with Gasteiger partial charge >= 0.3 is 24.2 Å². The van der Waals surface area contributed by atoms with Crippen molar-refractivity contribution in [3.8, 4) is 0 Å². The molecule has 0 bridgehead atoms. The number of hydrogen-bond acceptors (Lipinski definition) is 3. The van der Waals surface area contributed by atoms with Gasteiger partial charge in [0.1, 0.15) is 6.10 Å². The van der Waals surface area contributed by atoms with Crippen molar-refractivity contribution in [1.29, 1.82) is 0 Å². The highest BCUT2D eigenvalue weighted by Crippen LogP contribution is 2.50. The van der Waals surface area contributed by atoms with Crippen molar-refractivity contribution < 1.29 is 49.7 Å². The molecule has 0 saturated carbocycles. The molecule has 1 saturated heterocycles. The Morgan fingerprint density at radius 2 is 1.70 bits per heavy atom. The lowest BCUT2D eigenvalue weighted by Gasteiger charge is -2.32. The van der Waals surface area contributed by atoms with Crippen LogP contribution >= 0.6 is 0 Å². The average Bonchev–Trinajstić information content (AvgIpc) is 3.22. The number of alkyl halides is 8. The second-order valence-corrected chi connectivity index (χ2v) is 5.24. The summed E-state index contributed by atoms with van der Waals surface area (Å²) in [5.74, 6) is -17.7. The van der Waals surface area contributed by atoms with Gasteiger partial charge < -0.3 is 14.6 Å². The Bertz CT molecular complexity index is 373. The van der Waals surface area contributed by atoms with E-state index in [0.717, 1.165) is 0 Å². The van der Waals surface area contributed by atoms with E-state index >= 15 is 0 Å². The van der Waals surface area contributed by atoms with Crippen LogP contribution in [0.15, 0.2) is 0 Å². The molecule has 1 N–H and O–H groups in total. The largest absolute Gasteiger partial charge is 0.391 e. The molecule has 11 heteroatoms. The summed E-state index contributed by atoms with van der Waals surface area (Å²) in [7, 11) is 0. The lowest BCUT2D eigenvalue weighted by Crippen LogP contribution is -2.57. The predicted octanol–water partition coefficient (Wildman–Crippen LogP) is 3.10. The Hall–Kier alpha value is -0.680. The number of ether oxygens (including phenoxy) is 2. The van der Waals surface area contributed by atoms with E-state index in [-0.39, 0.29) is 19.3 Å². The first kappa shape index (κ1) is 20.4. The number of hydrogen-bond donors (Lipinski definition) is 1. The van der Waals surface area contributed by atoms with E-state index in [4.69, 9.17) is 9.47 Å². The first-order valence-electron chi connectivity index (χ1n) is 6.71. The minimum absolute atomic E-state index is 0.0956. The van der Waals surface area contributed by atoms with Crippen LogP contribution < -0.4 is 0 Å². The smallest absolute Gasteiger partial charge is 0.377 e. The molecule has 0 spiro atoms. The van der Waals surface area contributed by atoms with Gasteiger partial charge in [-0.3, -0.25) is 0 Å². The van der Waals surface area contributed by atoms with Crippen LogP contribution in [0, 0.1) is 0 Å². The number of rotatable bonds is 11. The van der Waals surface area contributed by atoms with E-state index in [1.54, 1.807) is 0 Å². The molecule has 23 heavy (non-hydrogen) atoms. The van der Waals surface area contributed by atoms with Crippen molar-refractivity contribution in [2.75, 3.05) is 19.8 Å². The molecule has 0 aliphatic carbocycles. The molecular weight excluding hydrogens is 344 g/mol. The molecule has 1 fully saturated rings. The van der Waals surface area contributed by atoms with Gasteiger partial charge in [-0.15, -0.1) is 0 Å². The van der Waals surface area contributed by atoms with Gasteiger partial charge in [0.15, 0.2) is 0 Å². The monoisotopic (exact) mass is 360 g/mol. The highest BCUT2D eigenvalue weighted by atomic mass is 19.4. The third-order valence-electron chi connectivity index (χ3n) is 3.20. The zero-order valence-corrected chi connectivity index (χ0v) is 11.8. The van der Waals surface area contributed by atoms with E-state index in [2.05, 4.69) is 0 Å². The first-order valence-corrected chi connectivity index (χ1v) is 6.71. The lowest BCUT2D eigenvalue weighted by molar-refractivity contribution is -0.339. The van der Waals surface area contributed by atoms with Crippen molar-refractivity contribution in [1.82, 2.24) is 0 Å². The van der Waals surface area contributed by atoms with Crippen LogP contribution in [-0.4, -0.2) is 61.3 Å². The fourth-order valence-electron chi connectivity index (χ4n) is 1.68. The van der Waals surface area contributed by atoms with Crippen LogP contribution in [0.5, 0.6) is 0 Å². The second kappa shape index (κ2) is 7.47. The van der Waals surface area contributed by atoms with Gasteiger partial charge in [0.05, 0.1) is 25.9 Å². The molecule has 1 aliphatic rings. The van der Waals surface area contributed by atoms with Crippen LogP contribution in [0.25, 0.3) is 0 Å². The van der Waals surface area contributed by atoms with E-state index in [9.17, 15) is 40.2 Å². The Morgan fingerprint density at radius 3 is 2.17 bits per heavy atom. The maximum Gasteiger partial charge on any atom is 0.377 e. The summed E-state index contributed by atoms with van der Waals surface area (Å²) in [6, 6.07) is 0. The van der Waals surface area contributed by atoms with E-state index in [1.807, 2.05) is 0 Å². The topological polar surface area (TPSA) is 42.0 Å². The molecule has 1 heterocycles. The quantitative estimate of drug-likeness (QED) is 0.455. The standard InChI is InChI=1S/C12H16F8O3/c13-9(14)11(17,18)12(19,20)10(15,16)3-1-2-7(21)4-22-5-8-6-23-8/h7-9,21H,1-6H2. The van der Waals surface area contributed by atoms with Crippen molar-refractivity contribution in [3.63, 3.8) is 0 Å². The zero-order valence-electron chi connectivity index (χ0n) is 11.8. The van der Waals surface area contributed by atoms with Gasteiger partial charge in [0.25, 0.3) is 0 Å². The van der Waals surface area contributed by atoms with Crippen LogP contribution in [0.4, 0.5) is 35.1 Å². The molecule has 138 valence electrons. The maximum atomic E-state index is 13.2. The first-order chi connectivity index (χ1) is 10.4.